The van der Waals surface area contributed by atoms with E-state index in [1.807, 2.05) is 31.2 Å². The maximum absolute atomic E-state index is 12.3. The van der Waals surface area contributed by atoms with Gasteiger partial charge in [-0.3, -0.25) is 9.59 Å². The minimum atomic E-state index is -0.751. The number of para-hydroxylation sites is 2. The van der Waals surface area contributed by atoms with Crippen LogP contribution in [0.4, 0.5) is 17.2 Å². The summed E-state index contributed by atoms with van der Waals surface area (Å²) in [6.45, 7) is 4.58. The number of benzene rings is 1. The van der Waals surface area contributed by atoms with E-state index in [0.29, 0.717) is 24.7 Å². The standard InChI is InChI=1S/C18H20N4O3/c1-13-5-4-8-19-16(13)21-18(24)17(23)20-14-6-2-3-7-15(14)22-9-11-25-12-10-22/h2-8H,9-12H2,1H3,(H,20,23)(H,19,21,24). The topological polar surface area (TPSA) is 83.6 Å². The van der Waals surface area contributed by atoms with E-state index in [4.69, 9.17) is 4.74 Å². The Morgan fingerprint density at radius 3 is 2.52 bits per heavy atom. The van der Waals surface area contributed by atoms with Crippen LogP contribution in [-0.4, -0.2) is 43.1 Å². The average molecular weight is 340 g/mol. The Bertz CT molecular complexity index is 772. The van der Waals surface area contributed by atoms with Crippen molar-refractivity contribution >= 4 is 29.0 Å². The largest absolute Gasteiger partial charge is 0.378 e. The lowest BCUT2D eigenvalue weighted by Crippen LogP contribution is -2.37. The maximum Gasteiger partial charge on any atom is 0.315 e. The Kier molecular flexibility index (Phi) is 5.25. The number of aromatic nitrogens is 1. The molecular formula is C18H20N4O3. The van der Waals surface area contributed by atoms with Crippen LogP contribution in [-0.2, 0) is 14.3 Å². The fourth-order valence-corrected chi connectivity index (χ4v) is 2.62. The summed E-state index contributed by atoms with van der Waals surface area (Å²) in [4.78, 5) is 30.6. The number of aryl methyl sites for hydroxylation is 1. The maximum atomic E-state index is 12.3. The van der Waals surface area contributed by atoms with E-state index in [9.17, 15) is 9.59 Å². The Morgan fingerprint density at radius 1 is 1.04 bits per heavy atom. The zero-order valence-corrected chi connectivity index (χ0v) is 14.0. The van der Waals surface area contributed by atoms with E-state index in [-0.39, 0.29) is 0 Å². The second-order valence-electron chi connectivity index (χ2n) is 5.69. The Labute approximate surface area is 146 Å². The fraction of sp³-hybridized carbons (Fsp3) is 0.278. The third kappa shape index (κ3) is 4.13. The zero-order valence-electron chi connectivity index (χ0n) is 14.0. The first-order valence-electron chi connectivity index (χ1n) is 8.11. The molecule has 1 aliphatic rings. The molecule has 1 aromatic carbocycles. The van der Waals surface area contributed by atoms with Crippen molar-refractivity contribution in [1.29, 1.82) is 0 Å². The summed E-state index contributed by atoms with van der Waals surface area (Å²) < 4.78 is 5.36. The average Bonchev–Trinajstić information content (AvgIpc) is 2.64. The predicted molar refractivity (Wildman–Crippen MR) is 95.7 cm³/mol. The molecule has 2 heterocycles. The van der Waals surface area contributed by atoms with Gasteiger partial charge >= 0.3 is 11.8 Å². The molecule has 0 unspecified atom stereocenters. The molecule has 1 aromatic heterocycles. The molecule has 7 nitrogen and oxygen atoms in total. The fourth-order valence-electron chi connectivity index (χ4n) is 2.62. The molecule has 7 heteroatoms. The lowest BCUT2D eigenvalue weighted by atomic mass is 10.2. The summed E-state index contributed by atoms with van der Waals surface area (Å²) in [6, 6.07) is 11.0. The van der Waals surface area contributed by atoms with E-state index >= 15 is 0 Å². The quantitative estimate of drug-likeness (QED) is 0.833. The number of hydrogen-bond donors (Lipinski definition) is 2. The zero-order chi connectivity index (χ0) is 17.6. The highest BCUT2D eigenvalue weighted by Gasteiger charge is 2.19. The summed E-state index contributed by atoms with van der Waals surface area (Å²) in [5, 5.41) is 5.22. The highest BCUT2D eigenvalue weighted by Crippen LogP contribution is 2.26. The first-order chi connectivity index (χ1) is 12.1. The number of ether oxygens (including phenoxy) is 1. The summed E-state index contributed by atoms with van der Waals surface area (Å²) >= 11 is 0. The molecule has 0 aliphatic carbocycles. The number of carbonyl (C=O) groups excluding carboxylic acids is 2. The van der Waals surface area contributed by atoms with Crippen molar-refractivity contribution < 1.29 is 14.3 Å². The van der Waals surface area contributed by atoms with Crippen molar-refractivity contribution in [3.8, 4) is 0 Å². The second kappa shape index (κ2) is 7.76. The lowest BCUT2D eigenvalue weighted by Gasteiger charge is -2.30. The van der Waals surface area contributed by atoms with Gasteiger partial charge < -0.3 is 20.3 Å². The van der Waals surface area contributed by atoms with Gasteiger partial charge in [0.15, 0.2) is 0 Å². The highest BCUT2D eigenvalue weighted by atomic mass is 16.5. The van der Waals surface area contributed by atoms with Gasteiger partial charge in [-0.25, -0.2) is 4.98 Å². The number of carbonyl (C=O) groups is 2. The predicted octanol–water partition coefficient (Wildman–Crippen LogP) is 1.80. The van der Waals surface area contributed by atoms with Crippen molar-refractivity contribution in [1.82, 2.24) is 4.98 Å². The number of anilines is 3. The third-order valence-electron chi connectivity index (χ3n) is 3.95. The van der Waals surface area contributed by atoms with Crippen LogP contribution in [0.5, 0.6) is 0 Å². The molecule has 1 fully saturated rings. The molecule has 1 saturated heterocycles. The number of nitrogens with one attached hydrogen (secondary N) is 2. The molecule has 3 rings (SSSR count). The molecule has 2 amide bonds. The first-order valence-corrected chi connectivity index (χ1v) is 8.11. The molecule has 1 aliphatic heterocycles. The summed E-state index contributed by atoms with van der Waals surface area (Å²) in [5.74, 6) is -1.10. The third-order valence-corrected chi connectivity index (χ3v) is 3.95. The number of amides is 2. The molecule has 25 heavy (non-hydrogen) atoms. The molecule has 0 bridgehead atoms. The van der Waals surface area contributed by atoms with Crippen LogP contribution < -0.4 is 15.5 Å². The normalized spacial score (nSPS) is 14.0. The van der Waals surface area contributed by atoms with Gasteiger partial charge in [-0.15, -0.1) is 0 Å². The molecule has 130 valence electrons. The number of hydrogen-bond acceptors (Lipinski definition) is 5. The van der Waals surface area contributed by atoms with Gasteiger partial charge in [-0.05, 0) is 30.7 Å². The van der Waals surface area contributed by atoms with Crippen LogP contribution in [0.1, 0.15) is 5.56 Å². The van der Waals surface area contributed by atoms with E-state index in [1.54, 1.807) is 18.3 Å². The van der Waals surface area contributed by atoms with Crippen LogP contribution in [0.25, 0.3) is 0 Å². The SMILES string of the molecule is Cc1cccnc1NC(=O)C(=O)Nc1ccccc1N1CCOCC1. The van der Waals surface area contributed by atoms with Crippen molar-refractivity contribution in [3.63, 3.8) is 0 Å². The van der Waals surface area contributed by atoms with Gasteiger partial charge in [0.25, 0.3) is 0 Å². The van der Waals surface area contributed by atoms with Crippen molar-refractivity contribution in [2.45, 2.75) is 6.92 Å². The summed E-state index contributed by atoms with van der Waals surface area (Å²) in [6.07, 6.45) is 1.56. The van der Waals surface area contributed by atoms with E-state index in [0.717, 1.165) is 24.3 Å². The summed E-state index contributed by atoms with van der Waals surface area (Å²) in [5.41, 5.74) is 2.26. The number of pyridine rings is 1. The number of morpholine rings is 1. The Balaban J connectivity index is 1.70. The van der Waals surface area contributed by atoms with Crippen LogP contribution in [0.15, 0.2) is 42.6 Å². The van der Waals surface area contributed by atoms with Crippen LogP contribution in [0.3, 0.4) is 0 Å². The number of nitrogens with zero attached hydrogens (tertiary/aromatic N) is 2. The second-order valence-corrected chi connectivity index (χ2v) is 5.69. The van der Waals surface area contributed by atoms with Crippen LogP contribution in [0, 0.1) is 6.92 Å². The van der Waals surface area contributed by atoms with Gasteiger partial charge in [-0.2, -0.15) is 0 Å². The minimum absolute atomic E-state index is 0.379. The van der Waals surface area contributed by atoms with E-state index < -0.39 is 11.8 Å². The van der Waals surface area contributed by atoms with Crippen LogP contribution in [0.2, 0.25) is 0 Å². The molecule has 2 aromatic rings. The van der Waals surface area contributed by atoms with E-state index in [1.165, 1.54) is 0 Å². The number of rotatable bonds is 3. The highest BCUT2D eigenvalue weighted by molar-refractivity contribution is 6.43. The van der Waals surface area contributed by atoms with Crippen molar-refractivity contribution in [2.75, 3.05) is 41.8 Å². The minimum Gasteiger partial charge on any atom is -0.378 e. The van der Waals surface area contributed by atoms with Gasteiger partial charge in [0.1, 0.15) is 5.82 Å². The molecule has 0 saturated carbocycles. The molecular weight excluding hydrogens is 320 g/mol. The lowest BCUT2D eigenvalue weighted by molar-refractivity contribution is -0.133. The smallest absolute Gasteiger partial charge is 0.315 e. The van der Waals surface area contributed by atoms with Crippen molar-refractivity contribution in [3.05, 3.63) is 48.2 Å². The molecule has 0 radical (unpaired) electrons. The van der Waals surface area contributed by atoms with Gasteiger partial charge in [-0.1, -0.05) is 18.2 Å². The Hall–Kier alpha value is -2.93. The first kappa shape index (κ1) is 16.9. The van der Waals surface area contributed by atoms with Crippen molar-refractivity contribution in [2.24, 2.45) is 0 Å². The molecule has 2 N–H and O–H groups in total. The monoisotopic (exact) mass is 340 g/mol. The summed E-state index contributed by atoms with van der Waals surface area (Å²) in [7, 11) is 0. The van der Waals surface area contributed by atoms with Gasteiger partial charge in [0.05, 0.1) is 24.6 Å². The van der Waals surface area contributed by atoms with Crippen LogP contribution >= 0.6 is 0 Å². The molecule has 0 atom stereocenters. The molecule has 0 spiro atoms. The van der Waals surface area contributed by atoms with Gasteiger partial charge in [0, 0.05) is 19.3 Å². The van der Waals surface area contributed by atoms with E-state index in [2.05, 4.69) is 20.5 Å². The Morgan fingerprint density at radius 2 is 1.76 bits per heavy atom. The van der Waals surface area contributed by atoms with Gasteiger partial charge in [0.2, 0.25) is 0 Å².